The van der Waals surface area contributed by atoms with Crippen molar-refractivity contribution in [2.45, 2.75) is 0 Å². The number of para-hydroxylation sites is 1. The zero-order valence-electron chi connectivity index (χ0n) is 16.2. The second-order valence-electron chi connectivity index (χ2n) is 6.57. The molecule has 0 aliphatic rings. The fourth-order valence-corrected chi connectivity index (χ4v) is 3.48. The van der Waals surface area contributed by atoms with Gasteiger partial charge in [0.05, 0.1) is 23.5 Å². The van der Waals surface area contributed by atoms with Crippen LogP contribution in [0.25, 0.3) is 11.0 Å². The third-order valence-corrected chi connectivity index (χ3v) is 5.00. The molecule has 1 aromatic heterocycles. The van der Waals surface area contributed by atoms with Crippen LogP contribution < -0.4 is 10.1 Å². The molecule has 0 fully saturated rings. The number of nitrogens with zero attached hydrogens (tertiary/aromatic N) is 1. The maximum absolute atomic E-state index is 12.6. The number of carbonyl (C=O) groups is 1. The van der Waals surface area contributed by atoms with Gasteiger partial charge in [-0.1, -0.05) is 41.4 Å². The van der Waals surface area contributed by atoms with E-state index in [9.17, 15) is 9.90 Å². The van der Waals surface area contributed by atoms with Crippen molar-refractivity contribution >= 4 is 57.7 Å². The number of aromatic hydroxyl groups is 1. The third kappa shape index (κ3) is 4.50. The summed E-state index contributed by atoms with van der Waals surface area (Å²) in [4.78, 5) is 16.9. The molecule has 8 heteroatoms. The largest absolute Gasteiger partial charge is 0.506 e. The Labute approximate surface area is 187 Å². The summed E-state index contributed by atoms with van der Waals surface area (Å²) in [7, 11) is 1.49. The van der Waals surface area contributed by atoms with Gasteiger partial charge < -0.3 is 19.6 Å². The zero-order valence-corrected chi connectivity index (χ0v) is 17.7. The number of anilines is 1. The molecule has 0 spiro atoms. The summed E-state index contributed by atoms with van der Waals surface area (Å²) in [5, 5.41) is 14.2. The van der Waals surface area contributed by atoms with E-state index >= 15 is 0 Å². The average molecular weight is 455 g/mol. The lowest BCUT2D eigenvalue weighted by atomic mass is 10.2. The number of rotatable bonds is 5. The first-order chi connectivity index (χ1) is 14.9. The number of phenolic OH excluding ortho intramolecular Hbond substituents is 1. The molecule has 0 bridgehead atoms. The van der Waals surface area contributed by atoms with E-state index in [1.165, 1.54) is 19.4 Å². The Morgan fingerprint density at radius 2 is 1.94 bits per heavy atom. The number of benzene rings is 3. The first-order valence-corrected chi connectivity index (χ1v) is 9.90. The standard InChI is InChI=1S/C23H16Cl2N2O4/c1-30-20-11-16(26-12-14-8-15(24)10-17(25)22(14)28)6-7-18(20)27-23(29)21-9-13-4-2-3-5-19(13)31-21/h2-12,28H,1H3,(H,27,29). The molecule has 4 rings (SSSR count). The molecule has 4 aromatic rings. The molecule has 0 atom stereocenters. The first kappa shape index (κ1) is 20.8. The molecule has 0 saturated heterocycles. The summed E-state index contributed by atoms with van der Waals surface area (Å²) in [6, 6.07) is 17.0. The van der Waals surface area contributed by atoms with Crippen molar-refractivity contribution in [2.75, 3.05) is 12.4 Å². The second-order valence-corrected chi connectivity index (χ2v) is 7.41. The van der Waals surface area contributed by atoms with Gasteiger partial charge in [-0.3, -0.25) is 9.79 Å². The highest BCUT2D eigenvalue weighted by atomic mass is 35.5. The van der Waals surface area contributed by atoms with E-state index in [4.69, 9.17) is 32.4 Å². The number of furan rings is 1. The van der Waals surface area contributed by atoms with Crippen molar-refractivity contribution in [3.63, 3.8) is 0 Å². The van der Waals surface area contributed by atoms with Crippen LogP contribution in [0.4, 0.5) is 11.4 Å². The maximum atomic E-state index is 12.6. The molecular weight excluding hydrogens is 439 g/mol. The number of phenols is 1. The SMILES string of the molecule is COc1cc(N=Cc2cc(Cl)cc(Cl)c2O)ccc1NC(=O)c1cc2ccccc2o1. The van der Waals surface area contributed by atoms with Crippen LogP contribution in [0.15, 0.2) is 70.1 Å². The number of hydrogen-bond donors (Lipinski definition) is 2. The Hall–Kier alpha value is -3.48. The van der Waals surface area contributed by atoms with Crippen molar-refractivity contribution in [1.29, 1.82) is 0 Å². The van der Waals surface area contributed by atoms with Crippen LogP contribution in [0.5, 0.6) is 11.5 Å². The average Bonchev–Trinajstić information content (AvgIpc) is 3.20. The minimum absolute atomic E-state index is 0.114. The quantitative estimate of drug-likeness (QED) is 0.339. The van der Waals surface area contributed by atoms with Gasteiger partial charge in [0, 0.05) is 28.3 Å². The predicted molar refractivity (Wildman–Crippen MR) is 123 cm³/mol. The van der Waals surface area contributed by atoms with Gasteiger partial charge in [-0.05, 0) is 36.4 Å². The highest BCUT2D eigenvalue weighted by Crippen LogP contribution is 2.32. The van der Waals surface area contributed by atoms with Gasteiger partial charge >= 0.3 is 0 Å². The van der Waals surface area contributed by atoms with Crippen molar-refractivity contribution in [3.8, 4) is 11.5 Å². The van der Waals surface area contributed by atoms with E-state index < -0.39 is 5.91 Å². The van der Waals surface area contributed by atoms with Gasteiger partial charge in [-0.15, -0.1) is 0 Å². The summed E-state index contributed by atoms with van der Waals surface area (Å²) in [6.07, 6.45) is 1.44. The van der Waals surface area contributed by atoms with Crippen molar-refractivity contribution < 1.29 is 19.1 Å². The number of halogens is 2. The van der Waals surface area contributed by atoms with E-state index in [0.717, 1.165) is 5.39 Å². The molecule has 6 nitrogen and oxygen atoms in total. The minimum atomic E-state index is -0.399. The fraction of sp³-hybridized carbons (Fsp3) is 0.0435. The van der Waals surface area contributed by atoms with Gasteiger partial charge in [-0.25, -0.2) is 0 Å². The lowest BCUT2D eigenvalue weighted by Gasteiger charge is -2.10. The molecule has 3 aromatic carbocycles. The summed E-state index contributed by atoms with van der Waals surface area (Å²) in [5.74, 6) is 0.0897. The molecular formula is C23H16Cl2N2O4. The van der Waals surface area contributed by atoms with Crippen LogP contribution in [0.1, 0.15) is 16.1 Å². The smallest absolute Gasteiger partial charge is 0.291 e. The normalized spacial score (nSPS) is 11.2. The number of ether oxygens (including phenoxy) is 1. The number of methoxy groups -OCH3 is 1. The van der Waals surface area contributed by atoms with Crippen molar-refractivity contribution in [2.24, 2.45) is 4.99 Å². The summed E-state index contributed by atoms with van der Waals surface area (Å²) < 4.78 is 11.0. The second kappa shape index (κ2) is 8.71. The molecule has 1 heterocycles. The van der Waals surface area contributed by atoms with Gasteiger partial charge in [0.15, 0.2) is 5.76 Å². The summed E-state index contributed by atoms with van der Waals surface area (Å²) in [5.41, 5.74) is 2.00. The molecule has 0 aliphatic heterocycles. The predicted octanol–water partition coefficient (Wildman–Crippen LogP) is 6.46. The van der Waals surface area contributed by atoms with Crippen LogP contribution in [-0.4, -0.2) is 24.3 Å². The molecule has 0 radical (unpaired) electrons. The summed E-state index contributed by atoms with van der Waals surface area (Å²) in [6.45, 7) is 0. The fourth-order valence-electron chi connectivity index (χ4n) is 2.97. The van der Waals surface area contributed by atoms with E-state index in [0.29, 0.717) is 33.3 Å². The number of hydrogen-bond acceptors (Lipinski definition) is 5. The maximum Gasteiger partial charge on any atom is 0.291 e. The van der Waals surface area contributed by atoms with E-state index in [1.54, 1.807) is 36.4 Å². The molecule has 31 heavy (non-hydrogen) atoms. The van der Waals surface area contributed by atoms with Crippen LogP contribution in [-0.2, 0) is 0 Å². The summed E-state index contributed by atoms with van der Waals surface area (Å²) >= 11 is 11.9. The third-order valence-electron chi connectivity index (χ3n) is 4.49. The Bertz CT molecular complexity index is 1280. The Morgan fingerprint density at radius 3 is 2.71 bits per heavy atom. The minimum Gasteiger partial charge on any atom is -0.506 e. The number of amides is 1. The van der Waals surface area contributed by atoms with Crippen LogP contribution in [0.2, 0.25) is 10.0 Å². The van der Waals surface area contributed by atoms with E-state index in [2.05, 4.69) is 10.3 Å². The van der Waals surface area contributed by atoms with Crippen LogP contribution >= 0.6 is 23.2 Å². The van der Waals surface area contributed by atoms with Crippen molar-refractivity contribution in [3.05, 3.63) is 82.0 Å². The molecule has 0 unspecified atom stereocenters. The number of fused-ring (bicyclic) bond motifs is 1. The molecule has 1 amide bonds. The van der Waals surface area contributed by atoms with Crippen LogP contribution in [0.3, 0.4) is 0 Å². The monoisotopic (exact) mass is 454 g/mol. The Balaban J connectivity index is 1.56. The Morgan fingerprint density at radius 1 is 1.13 bits per heavy atom. The number of aliphatic imine (C=N–C) groups is 1. The van der Waals surface area contributed by atoms with Gasteiger partial charge in [-0.2, -0.15) is 0 Å². The van der Waals surface area contributed by atoms with E-state index in [-0.39, 0.29) is 16.5 Å². The van der Waals surface area contributed by atoms with Crippen LogP contribution in [0, 0.1) is 0 Å². The Kier molecular flexibility index (Phi) is 5.84. The lowest BCUT2D eigenvalue weighted by Crippen LogP contribution is -2.11. The zero-order chi connectivity index (χ0) is 22.0. The van der Waals surface area contributed by atoms with Gasteiger partial charge in [0.2, 0.25) is 0 Å². The highest BCUT2D eigenvalue weighted by Gasteiger charge is 2.15. The molecule has 156 valence electrons. The highest BCUT2D eigenvalue weighted by molar-refractivity contribution is 6.36. The van der Waals surface area contributed by atoms with Gasteiger partial charge in [0.1, 0.15) is 17.1 Å². The number of carbonyl (C=O) groups excluding carboxylic acids is 1. The van der Waals surface area contributed by atoms with Crippen molar-refractivity contribution in [1.82, 2.24) is 0 Å². The van der Waals surface area contributed by atoms with Gasteiger partial charge in [0.25, 0.3) is 5.91 Å². The molecule has 0 aliphatic carbocycles. The lowest BCUT2D eigenvalue weighted by molar-refractivity contribution is 0.0998. The number of nitrogens with one attached hydrogen (secondary N) is 1. The molecule has 0 saturated carbocycles. The molecule has 2 N–H and O–H groups in total. The topological polar surface area (TPSA) is 84.1 Å². The van der Waals surface area contributed by atoms with E-state index in [1.807, 2.05) is 18.2 Å². The first-order valence-electron chi connectivity index (χ1n) is 9.14.